The highest BCUT2D eigenvalue weighted by molar-refractivity contribution is 5.90. The Morgan fingerprint density at radius 1 is 1.00 bits per heavy atom. The van der Waals surface area contributed by atoms with E-state index in [0.29, 0.717) is 6.54 Å². The molecule has 5 aliphatic rings. The fraction of sp³-hybridized carbons (Fsp3) is 0.778. The Balaban J connectivity index is 1.05. The van der Waals surface area contributed by atoms with Crippen molar-refractivity contribution in [2.24, 2.45) is 29.1 Å². The molecule has 4 aliphatic carbocycles. The van der Waals surface area contributed by atoms with Gasteiger partial charge in [-0.15, -0.1) is 0 Å². The van der Waals surface area contributed by atoms with E-state index >= 15 is 0 Å². The highest BCUT2D eigenvalue weighted by Crippen LogP contribution is 2.60. The van der Waals surface area contributed by atoms with Crippen LogP contribution in [0.1, 0.15) is 58.8 Å². The SMILES string of the molecule is CC(C)C(NC(=O)C12CC3CC(CC(C3)C1)C2)C(=O)NCCCN1CCN(c2ncccn2)CC1. The molecule has 35 heavy (non-hydrogen) atoms. The van der Waals surface area contributed by atoms with E-state index in [4.69, 9.17) is 0 Å². The number of carbonyl (C=O) groups excluding carboxylic acids is 2. The molecule has 2 heterocycles. The smallest absolute Gasteiger partial charge is 0.242 e. The van der Waals surface area contributed by atoms with E-state index < -0.39 is 6.04 Å². The van der Waals surface area contributed by atoms with E-state index in [9.17, 15) is 9.59 Å². The predicted molar refractivity (Wildman–Crippen MR) is 136 cm³/mol. The molecule has 1 aromatic rings. The Bertz CT molecular complexity index is 848. The minimum atomic E-state index is -0.454. The van der Waals surface area contributed by atoms with Crippen LogP contribution >= 0.6 is 0 Å². The number of nitrogens with zero attached hydrogens (tertiary/aromatic N) is 4. The van der Waals surface area contributed by atoms with E-state index in [1.165, 1.54) is 19.3 Å². The van der Waals surface area contributed by atoms with Crippen LogP contribution in [0.2, 0.25) is 0 Å². The summed E-state index contributed by atoms with van der Waals surface area (Å²) in [6.45, 7) is 9.43. The Labute approximate surface area is 209 Å². The van der Waals surface area contributed by atoms with Crippen LogP contribution in [0.3, 0.4) is 0 Å². The summed E-state index contributed by atoms with van der Waals surface area (Å²) in [5.41, 5.74) is -0.213. The van der Waals surface area contributed by atoms with Crippen molar-refractivity contribution in [3.63, 3.8) is 0 Å². The molecule has 2 N–H and O–H groups in total. The van der Waals surface area contributed by atoms with Gasteiger partial charge in [-0.25, -0.2) is 9.97 Å². The van der Waals surface area contributed by atoms with E-state index in [1.807, 2.05) is 19.9 Å². The first-order chi connectivity index (χ1) is 16.9. The molecule has 0 aromatic carbocycles. The lowest BCUT2D eigenvalue weighted by Gasteiger charge is -2.55. The number of amides is 2. The maximum atomic E-state index is 13.5. The van der Waals surface area contributed by atoms with Gasteiger partial charge in [0, 0.05) is 50.5 Å². The quantitative estimate of drug-likeness (QED) is 0.526. The molecule has 1 aromatic heterocycles. The van der Waals surface area contributed by atoms with Gasteiger partial charge >= 0.3 is 0 Å². The normalized spacial score (nSPS) is 30.9. The number of carbonyl (C=O) groups is 2. The summed E-state index contributed by atoms with van der Waals surface area (Å²) in [5.74, 6) is 3.15. The topological polar surface area (TPSA) is 90.5 Å². The molecule has 1 aliphatic heterocycles. The average Bonchev–Trinajstić information content (AvgIpc) is 2.85. The largest absolute Gasteiger partial charge is 0.354 e. The van der Waals surface area contributed by atoms with Crippen LogP contribution < -0.4 is 15.5 Å². The molecule has 1 saturated heterocycles. The van der Waals surface area contributed by atoms with Gasteiger partial charge in [0.2, 0.25) is 17.8 Å². The molecule has 8 heteroatoms. The van der Waals surface area contributed by atoms with Crippen molar-refractivity contribution in [2.45, 2.75) is 64.8 Å². The number of aromatic nitrogens is 2. The van der Waals surface area contributed by atoms with Crippen molar-refractivity contribution in [1.29, 1.82) is 0 Å². The lowest BCUT2D eigenvalue weighted by molar-refractivity contribution is -0.149. The molecule has 6 rings (SSSR count). The van der Waals surface area contributed by atoms with Crippen LogP contribution in [0, 0.1) is 29.1 Å². The summed E-state index contributed by atoms with van der Waals surface area (Å²) in [4.78, 5) is 39.8. The maximum absolute atomic E-state index is 13.5. The van der Waals surface area contributed by atoms with Crippen LogP contribution in [0.5, 0.6) is 0 Å². The molecule has 1 atom stereocenters. The van der Waals surface area contributed by atoms with Crippen molar-refractivity contribution in [1.82, 2.24) is 25.5 Å². The molecule has 0 spiro atoms. The third-order valence-corrected chi connectivity index (χ3v) is 8.91. The first-order valence-corrected chi connectivity index (χ1v) is 13.7. The zero-order valence-electron chi connectivity index (χ0n) is 21.4. The van der Waals surface area contributed by atoms with Gasteiger partial charge in [0.15, 0.2) is 0 Å². The first kappa shape index (κ1) is 24.5. The van der Waals surface area contributed by atoms with Crippen LogP contribution in [0.25, 0.3) is 0 Å². The summed E-state index contributed by atoms with van der Waals surface area (Å²) in [6, 6.07) is 1.39. The number of rotatable bonds is 9. The summed E-state index contributed by atoms with van der Waals surface area (Å²) < 4.78 is 0. The summed E-state index contributed by atoms with van der Waals surface area (Å²) in [6.07, 6.45) is 11.5. The first-order valence-electron chi connectivity index (χ1n) is 13.7. The molecule has 1 unspecified atom stereocenters. The fourth-order valence-corrected chi connectivity index (χ4v) is 7.47. The van der Waals surface area contributed by atoms with Crippen LogP contribution in [0.4, 0.5) is 5.95 Å². The molecule has 4 bridgehead atoms. The summed E-state index contributed by atoms with van der Waals surface area (Å²) in [7, 11) is 0. The second-order valence-corrected chi connectivity index (χ2v) is 11.9. The molecular formula is C27H42N6O2. The van der Waals surface area contributed by atoms with Gasteiger partial charge < -0.3 is 15.5 Å². The monoisotopic (exact) mass is 482 g/mol. The Kier molecular flexibility index (Phi) is 7.28. The number of nitrogens with one attached hydrogen (secondary N) is 2. The third kappa shape index (κ3) is 5.47. The third-order valence-electron chi connectivity index (χ3n) is 8.91. The van der Waals surface area contributed by atoms with Gasteiger partial charge in [-0.05, 0) is 81.2 Å². The maximum Gasteiger partial charge on any atom is 0.242 e. The minimum Gasteiger partial charge on any atom is -0.354 e. The van der Waals surface area contributed by atoms with Gasteiger partial charge in [-0.1, -0.05) is 13.8 Å². The van der Waals surface area contributed by atoms with E-state index in [0.717, 1.165) is 82.1 Å². The van der Waals surface area contributed by atoms with E-state index in [-0.39, 0.29) is 23.1 Å². The van der Waals surface area contributed by atoms with Crippen molar-refractivity contribution in [3.8, 4) is 0 Å². The average molecular weight is 483 g/mol. The number of hydrogen-bond acceptors (Lipinski definition) is 6. The molecule has 8 nitrogen and oxygen atoms in total. The zero-order valence-corrected chi connectivity index (χ0v) is 21.4. The number of piperazine rings is 1. The Morgan fingerprint density at radius 3 is 2.17 bits per heavy atom. The van der Waals surface area contributed by atoms with Crippen molar-refractivity contribution >= 4 is 17.8 Å². The molecule has 5 fully saturated rings. The lowest BCUT2D eigenvalue weighted by Crippen LogP contribution is -2.58. The Morgan fingerprint density at radius 2 is 1.60 bits per heavy atom. The van der Waals surface area contributed by atoms with E-state index in [1.54, 1.807) is 12.4 Å². The van der Waals surface area contributed by atoms with Gasteiger partial charge in [0.1, 0.15) is 6.04 Å². The molecule has 4 saturated carbocycles. The van der Waals surface area contributed by atoms with Crippen LogP contribution in [0.15, 0.2) is 18.5 Å². The van der Waals surface area contributed by atoms with E-state index in [2.05, 4.69) is 30.4 Å². The zero-order chi connectivity index (χ0) is 24.4. The summed E-state index contributed by atoms with van der Waals surface area (Å²) in [5, 5.41) is 6.31. The highest BCUT2D eigenvalue weighted by Gasteiger charge is 2.55. The molecule has 192 valence electrons. The molecular weight excluding hydrogens is 440 g/mol. The molecule has 2 amide bonds. The van der Waals surface area contributed by atoms with Gasteiger partial charge in [-0.3, -0.25) is 14.5 Å². The second kappa shape index (κ2) is 10.4. The van der Waals surface area contributed by atoms with Crippen molar-refractivity contribution < 1.29 is 9.59 Å². The van der Waals surface area contributed by atoms with Crippen LogP contribution in [-0.4, -0.2) is 72.0 Å². The Hall–Kier alpha value is -2.22. The molecule has 0 radical (unpaired) electrons. The van der Waals surface area contributed by atoms with Crippen LogP contribution in [-0.2, 0) is 9.59 Å². The second-order valence-electron chi connectivity index (χ2n) is 11.9. The minimum absolute atomic E-state index is 0.0378. The lowest BCUT2D eigenvalue weighted by atomic mass is 9.49. The standard InChI is InChI=1S/C27H42N6O2/c1-19(2)23(31-25(35)27-16-20-13-21(17-27)15-22(14-20)18-27)24(34)28-7-4-8-32-9-11-33(12-10-32)26-29-5-3-6-30-26/h3,5-6,19-23H,4,7-18H2,1-2H3,(H,28,34)(H,31,35). The highest BCUT2D eigenvalue weighted by atomic mass is 16.2. The van der Waals surface area contributed by atoms with Gasteiger partial charge in [-0.2, -0.15) is 0 Å². The van der Waals surface area contributed by atoms with Crippen molar-refractivity contribution in [2.75, 3.05) is 44.2 Å². The fourth-order valence-electron chi connectivity index (χ4n) is 7.47. The van der Waals surface area contributed by atoms with Gasteiger partial charge in [0.05, 0.1) is 0 Å². The number of anilines is 1. The number of hydrogen-bond donors (Lipinski definition) is 2. The summed E-state index contributed by atoms with van der Waals surface area (Å²) >= 11 is 0. The predicted octanol–water partition coefficient (Wildman–Crippen LogP) is 2.46. The van der Waals surface area contributed by atoms with Crippen molar-refractivity contribution in [3.05, 3.63) is 18.5 Å². The van der Waals surface area contributed by atoms with Gasteiger partial charge in [0.25, 0.3) is 0 Å².